The van der Waals surface area contributed by atoms with Crippen molar-refractivity contribution in [1.29, 1.82) is 0 Å². The first-order chi connectivity index (χ1) is 10.9. The molecule has 3 aromatic carbocycles. The monoisotopic (exact) mass is 281 g/mol. The van der Waals surface area contributed by atoms with Gasteiger partial charge < -0.3 is 0 Å². The highest BCUT2D eigenvalue weighted by Crippen LogP contribution is 2.26. The van der Waals surface area contributed by atoms with Crippen LogP contribution >= 0.6 is 0 Å². The zero-order valence-electron chi connectivity index (χ0n) is 12.1. The second-order valence-corrected chi connectivity index (χ2v) is 5.36. The molecule has 0 radical (unpaired) electrons. The van der Waals surface area contributed by atoms with Crippen molar-refractivity contribution >= 4 is 10.9 Å². The lowest BCUT2D eigenvalue weighted by Crippen LogP contribution is -1.83. The van der Waals surface area contributed by atoms with Crippen molar-refractivity contribution in [3.05, 3.63) is 91.1 Å². The average Bonchev–Trinajstić information content (AvgIpc) is 2.62. The van der Waals surface area contributed by atoms with E-state index in [0.717, 1.165) is 11.1 Å². The van der Waals surface area contributed by atoms with E-state index in [1.54, 1.807) is 0 Å². The standard InChI is InChI=1S/C21H15N/c1-2-6-16(7-3-1)17-10-12-18(13-11-17)20-14-19-8-4-5-9-21(19)22-15-20/h1-15H. The second-order valence-electron chi connectivity index (χ2n) is 5.36. The van der Waals surface area contributed by atoms with Gasteiger partial charge in [0.1, 0.15) is 0 Å². The van der Waals surface area contributed by atoms with Crippen LogP contribution in [-0.2, 0) is 0 Å². The van der Waals surface area contributed by atoms with E-state index in [2.05, 4.69) is 65.6 Å². The summed E-state index contributed by atoms with van der Waals surface area (Å²) in [4.78, 5) is 4.54. The zero-order chi connectivity index (χ0) is 14.8. The van der Waals surface area contributed by atoms with E-state index in [1.807, 2.05) is 30.5 Å². The van der Waals surface area contributed by atoms with Gasteiger partial charge in [-0.2, -0.15) is 0 Å². The van der Waals surface area contributed by atoms with Crippen LogP contribution in [0, 0.1) is 0 Å². The van der Waals surface area contributed by atoms with Crippen LogP contribution < -0.4 is 0 Å². The van der Waals surface area contributed by atoms with Gasteiger partial charge in [-0.25, -0.2) is 0 Å². The van der Waals surface area contributed by atoms with Crippen LogP contribution in [-0.4, -0.2) is 4.98 Å². The molecule has 0 unspecified atom stereocenters. The molecule has 0 aliphatic rings. The number of benzene rings is 3. The minimum atomic E-state index is 1.03. The maximum Gasteiger partial charge on any atom is 0.0702 e. The number of hydrogen-bond acceptors (Lipinski definition) is 1. The molecule has 1 aromatic heterocycles. The molecule has 0 N–H and O–H groups in total. The molecule has 0 amide bonds. The Morgan fingerprint density at radius 1 is 0.500 bits per heavy atom. The molecule has 104 valence electrons. The Labute approximate surface area is 129 Å². The minimum absolute atomic E-state index is 1.03. The van der Waals surface area contributed by atoms with E-state index >= 15 is 0 Å². The normalized spacial score (nSPS) is 10.7. The fourth-order valence-corrected chi connectivity index (χ4v) is 2.71. The molecule has 0 bridgehead atoms. The SMILES string of the molecule is c1ccc(-c2ccc(-c3cnc4ccccc4c3)cc2)cc1. The number of rotatable bonds is 2. The molecule has 0 atom stereocenters. The van der Waals surface area contributed by atoms with E-state index in [9.17, 15) is 0 Å². The highest BCUT2D eigenvalue weighted by Gasteiger charge is 2.02. The molecule has 0 spiro atoms. The van der Waals surface area contributed by atoms with Crippen molar-refractivity contribution in [2.24, 2.45) is 0 Å². The molecule has 0 aliphatic heterocycles. The Hall–Kier alpha value is -2.93. The first-order valence-electron chi connectivity index (χ1n) is 7.41. The summed E-state index contributed by atoms with van der Waals surface area (Å²) in [5, 5.41) is 1.17. The van der Waals surface area contributed by atoms with Gasteiger partial charge in [-0.05, 0) is 28.8 Å². The number of para-hydroxylation sites is 1. The Balaban J connectivity index is 1.73. The van der Waals surface area contributed by atoms with Crippen LogP contribution in [0.1, 0.15) is 0 Å². The van der Waals surface area contributed by atoms with E-state index in [4.69, 9.17) is 0 Å². The zero-order valence-corrected chi connectivity index (χ0v) is 12.1. The van der Waals surface area contributed by atoms with Crippen LogP contribution in [0.4, 0.5) is 0 Å². The van der Waals surface area contributed by atoms with Gasteiger partial charge in [0.15, 0.2) is 0 Å². The number of hydrogen-bond donors (Lipinski definition) is 0. The van der Waals surface area contributed by atoms with Crippen LogP contribution in [0.15, 0.2) is 91.1 Å². The molecule has 1 heterocycles. The lowest BCUT2D eigenvalue weighted by Gasteiger charge is -2.06. The van der Waals surface area contributed by atoms with Gasteiger partial charge >= 0.3 is 0 Å². The Morgan fingerprint density at radius 2 is 1.09 bits per heavy atom. The summed E-state index contributed by atoms with van der Waals surface area (Å²) in [6.45, 7) is 0. The topological polar surface area (TPSA) is 12.9 Å². The second kappa shape index (κ2) is 5.45. The third-order valence-corrected chi connectivity index (χ3v) is 3.92. The molecule has 0 saturated carbocycles. The van der Waals surface area contributed by atoms with E-state index in [1.165, 1.54) is 22.1 Å². The molecule has 1 heteroatoms. The Kier molecular flexibility index (Phi) is 3.17. The van der Waals surface area contributed by atoms with Crippen LogP contribution in [0.3, 0.4) is 0 Å². The van der Waals surface area contributed by atoms with Crippen LogP contribution in [0.25, 0.3) is 33.2 Å². The molecule has 22 heavy (non-hydrogen) atoms. The molecule has 4 rings (SSSR count). The Morgan fingerprint density at radius 3 is 1.86 bits per heavy atom. The third kappa shape index (κ3) is 2.38. The number of nitrogens with zero attached hydrogens (tertiary/aromatic N) is 1. The summed E-state index contributed by atoms with van der Waals surface area (Å²) in [5.41, 5.74) is 5.85. The lowest BCUT2D eigenvalue weighted by molar-refractivity contribution is 1.41. The first-order valence-corrected chi connectivity index (χ1v) is 7.41. The number of aromatic nitrogens is 1. The highest BCUT2D eigenvalue weighted by molar-refractivity contribution is 5.83. The van der Waals surface area contributed by atoms with Gasteiger partial charge in [0, 0.05) is 17.1 Å². The quantitative estimate of drug-likeness (QED) is 0.468. The van der Waals surface area contributed by atoms with Gasteiger partial charge in [-0.15, -0.1) is 0 Å². The highest BCUT2D eigenvalue weighted by atomic mass is 14.6. The molecule has 4 aromatic rings. The van der Waals surface area contributed by atoms with Crippen molar-refractivity contribution in [3.8, 4) is 22.3 Å². The van der Waals surface area contributed by atoms with E-state index < -0.39 is 0 Å². The van der Waals surface area contributed by atoms with E-state index in [0.29, 0.717) is 0 Å². The molecular weight excluding hydrogens is 266 g/mol. The maximum absolute atomic E-state index is 4.54. The van der Waals surface area contributed by atoms with Gasteiger partial charge in [0.05, 0.1) is 5.52 Å². The van der Waals surface area contributed by atoms with Gasteiger partial charge in [0.2, 0.25) is 0 Å². The van der Waals surface area contributed by atoms with Crippen molar-refractivity contribution in [1.82, 2.24) is 4.98 Å². The molecule has 1 nitrogen and oxygen atoms in total. The number of pyridine rings is 1. The van der Waals surface area contributed by atoms with Crippen LogP contribution in [0.2, 0.25) is 0 Å². The molecule has 0 aliphatic carbocycles. The van der Waals surface area contributed by atoms with E-state index in [-0.39, 0.29) is 0 Å². The van der Waals surface area contributed by atoms with Crippen molar-refractivity contribution < 1.29 is 0 Å². The Bertz CT molecular complexity index is 909. The van der Waals surface area contributed by atoms with Crippen molar-refractivity contribution in [3.63, 3.8) is 0 Å². The molecule has 0 saturated heterocycles. The predicted octanol–water partition coefficient (Wildman–Crippen LogP) is 5.57. The summed E-state index contributed by atoms with van der Waals surface area (Å²) in [5.74, 6) is 0. The molecular formula is C21H15N. The fraction of sp³-hybridized carbons (Fsp3) is 0. The summed E-state index contributed by atoms with van der Waals surface area (Å²) in [6.07, 6.45) is 1.94. The van der Waals surface area contributed by atoms with Gasteiger partial charge in [0.25, 0.3) is 0 Å². The summed E-state index contributed by atoms with van der Waals surface area (Å²) in [6, 6.07) is 29.5. The average molecular weight is 281 g/mol. The van der Waals surface area contributed by atoms with Crippen molar-refractivity contribution in [2.75, 3.05) is 0 Å². The third-order valence-electron chi connectivity index (χ3n) is 3.92. The smallest absolute Gasteiger partial charge is 0.0702 e. The lowest BCUT2D eigenvalue weighted by atomic mass is 10.0. The maximum atomic E-state index is 4.54. The number of fused-ring (bicyclic) bond motifs is 1. The fourth-order valence-electron chi connectivity index (χ4n) is 2.71. The summed E-state index contributed by atoms with van der Waals surface area (Å²) >= 11 is 0. The first kappa shape index (κ1) is 12.8. The summed E-state index contributed by atoms with van der Waals surface area (Å²) < 4.78 is 0. The summed E-state index contributed by atoms with van der Waals surface area (Å²) in [7, 11) is 0. The van der Waals surface area contributed by atoms with Gasteiger partial charge in [-0.1, -0.05) is 72.8 Å². The minimum Gasteiger partial charge on any atom is -0.256 e. The molecule has 0 fully saturated rings. The van der Waals surface area contributed by atoms with Gasteiger partial charge in [-0.3, -0.25) is 4.98 Å². The largest absolute Gasteiger partial charge is 0.256 e. The van der Waals surface area contributed by atoms with Crippen molar-refractivity contribution in [2.45, 2.75) is 0 Å². The predicted molar refractivity (Wildman–Crippen MR) is 92.6 cm³/mol. The van der Waals surface area contributed by atoms with Crippen LogP contribution in [0.5, 0.6) is 0 Å².